The molecule has 2 aromatic carbocycles. The van der Waals surface area contributed by atoms with Crippen LogP contribution in [0.5, 0.6) is 5.75 Å². The van der Waals surface area contributed by atoms with Crippen LogP contribution in [0, 0.1) is 0 Å². The van der Waals surface area contributed by atoms with Gasteiger partial charge >= 0.3 is 0 Å². The average Bonchev–Trinajstić information content (AvgIpc) is 3.27. The van der Waals surface area contributed by atoms with Gasteiger partial charge in [0, 0.05) is 36.7 Å². The topological polar surface area (TPSA) is 58.6 Å². The number of hydrogen-bond donors (Lipinski definition) is 0. The second kappa shape index (κ2) is 9.78. The average molecular weight is 447 g/mol. The minimum Gasteiger partial charge on any atom is -0.497 e. The molecule has 0 saturated heterocycles. The Labute approximate surface area is 192 Å². The van der Waals surface area contributed by atoms with E-state index in [1.54, 1.807) is 24.4 Å². The number of aromatic nitrogens is 2. The molecule has 0 radical (unpaired) electrons. The fourth-order valence-electron chi connectivity index (χ4n) is 3.60. The zero-order valence-corrected chi connectivity index (χ0v) is 19.3. The molecule has 0 saturated carbocycles. The standard InChI is InChI=1S/C25H26N4O2S/c1-4-28(5-2)20-10-8-19(9-11-20)24(30)29(17-18-7-6-14-26-16-18)25-27-22-13-12-21(31-3)15-23(22)32-25/h6-16H,4-5,17H2,1-3H3. The Kier molecular flexibility index (Phi) is 6.66. The van der Waals surface area contributed by atoms with Crippen LogP contribution in [-0.2, 0) is 6.54 Å². The van der Waals surface area contributed by atoms with E-state index < -0.39 is 0 Å². The second-order valence-electron chi connectivity index (χ2n) is 7.30. The van der Waals surface area contributed by atoms with E-state index in [2.05, 4.69) is 23.7 Å². The highest BCUT2D eigenvalue weighted by atomic mass is 32.1. The molecule has 2 aromatic heterocycles. The first-order chi connectivity index (χ1) is 15.6. The number of carbonyl (C=O) groups excluding carboxylic acids is 1. The second-order valence-corrected chi connectivity index (χ2v) is 8.31. The Morgan fingerprint density at radius 3 is 2.50 bits per heavy atom. The number of nitrogens with zero attached hydrogens (tertiary/aromatic N) is 4. The zero-order valence-electron chi connectivity index (χ0n) is 18.5. The molecule has 4 aromatic rings. The molecule has 0 N–H and O–H groups in total. The van der Waals surface area contributed by atoms with Gasteiger partial charge in [-0.15, -0.1) is 0 Å². The third-order valence-electron chi connectivity index (χ3n) is 5.37. The van der Waals surface area contributed by atoms with E-state index in [9.17, 15) is 4.79 Å². The van der Waals surface area contributed by atoms with Crippen LogP contribution in [0.15, 0.2) is 67.0 Å². The maximum absolute atomic E-state index is 13.6. The third kappa shape index (κ3) is 4.57. The lowest BCUT2D eigenvalue weighted by Crippen LogP contribution is -2.30. The quantitative estimate of drug-likeness (QED) is 0.363. The third-order valence-corrected chi connectivity index (χ3v) is 6.41. The molecule has 0 fully saturated rings. The van der Waals surface area contributed by atoms with Crippen molar-refractivity contribution in [2.24, 2.45) is 0 Å². The number of hydrogen-bond acceptors (Lipinski definition) is 6. The van der Waals surface area contributed by atoms with Gasteiger partial charge in [-0.25, -0.2) is 4.98 Å². The molecule has 0 atom stereocenters. The maximum atomic E-state index is 13.6. The Morgan fingerprint density at radius 1 is 1.06 bits per heavy atom. The summed E-state index contributed by atoms with van der Waals surface area (Å²) in [7, 11) is 1.64. The first kappa shape index (κ1) is 21.8. The summed E-state index contributed by atoms with van der Waals surface area (Å²) in [5.74, 6) is 0.677. The number of methoxy groups -OCH3 is 1. The smallest absolute Gasteiger partial charge is 0.260 e. The van der Waals surface area contributed by atoms with Crippen LogP contribution >= 0.6 is 11.3 Å². The lowest BCUT2D eigenvalue weighted by atomic mass is 10.1. The fourth-order valence-corrected chi connectivity index (χ4v) is 4.59. The number of fused-ring (bicyclic) bond motifs is 1. The Hall–Kier alpha value is -3.45. The van der Waals surface area contributed by atoms with Gasteiger partial charge in [-0.1, -0.05) is 17.4 Å². The van der Waals surface area contributed by atoms with Crippen molar-refractivity contribution < 1.29 is 9.53 Å². The van der Waals surface area contributed by atoms with Crippen LogP contribution in [0.2, 0.25) is 0 Å². The van der Waals surface area contributed by atoms with E-state index >= 15 is 0 Å². The number of amides is 1. The molecule has 2 heterocycles. The molecule has 164 valence electrons. The van der Waals surface area contributed by atoms with Crippen LogP contribution in [-0.4, -0.2) is 36.1 Å². The van der Waals surface area contributed by atoms with Crippen molar-refractivity contribution >= 4 is 38.3 Å². The van der Waals surface area contributed by atoms with Gasteiger partial charge in [-0.2, -0.15) is 0 Å². The monoisotopic (exact) mass is 446 g/mol. The molecule has 7 heteroatoms. The fraction of sp³-hybridized carbons (Fsp3) is 0.240. The van der Waals surface area contributed by atoms with Gasteiger partial charge in [-0.05, 0) is 67.9 Å². The number of benzene rings is 2. The van der Waals surface area contributed by atoms with Crippen LogP contribution in [0.1, 0.15) is 29.8 Å². The van der Waals surface area contributed by atoms with Crippen molar-refractivity contribution in [3.8, 4) is 5.75 Å². The number of carbonyl (C=O) groups is 1. The molecule has 0 bridgehead atoms. The minimum absolute atomic E-state index is 0.0917. The molecule has 1 amide bonds. The molecule has 4 rings (SSSR count). The van der Waals surface area contributed by atoms with Gasteiger partial charge in [0.15, 0.2) is 5.13 Å². The van der Waals surface area contributed by atoms with Crippen LogP contribution in [0.25, 0.3) is 10.2 Å². The number of ether oxygens (including phenoxy) is 1. The van der Waals surface area contributed by atoms with Crippen molar-refractivity contribution in [2.75, 3.05) is 30.0 Å². The SMILES string of the molecule is CCN(CC)c1ccc(C(=O)N(Cc2cccnc2)c2nc3ccc(OC)cc3s2)cc1. The Bertz CT molecular complexity index is 1190. The van der Waals surface area contributed by atoms with E-state index in [0.29, 0.717) is 17.2 Å². The predicted octanol–water partition coefficient (Wildman–Crippen LogP) is 5.39. The summed E-state index contributed by atoms with van der Waals surface area (Å²) >= 11 is 1.48. The molecule has 0 aliphatic rings. The van der Waals surface area contributed by atoms with Crippen molar-refractivity contribution in [3.05, 3.63) is 78.1 Å². The molecule has 32 heavy (non-hydrogen) atoms. The van der Waals surface area contributed by atoms with E-state index in [0.717, 1.165) is 40.3 Å². The van der Waals surface area contributed by atoms with Gasteiger partial charge in [-0.3, -0.25) is 14.7 Å². The largest absolute Gasteiger partial charge is 0.497 e. The van der Waals surface area contributed by atoms with E-state index in [-0.39, 0.29) is 5.91 Å². The summed E-state index contributed by atoms with van der Waals surface area (Å²) in [6.45, 7) is 6.49. The van der Waals surface area contributed by atoms with E-state index in [1.165, 1.54) is 11.3 Å². The normalized spacial score (nSPS) is 10.8. The number of rotatable bonds is 8. The van der Waals surface area contributed by atoms with E-state index in [4.69, 9.17) is 9.72 Å². The number of thiazole rings is 1. The highest BCUT2D eigenvalue weighted by Gasteiger charge is 2.22. The maximum Gasteiger partial charge on any atom is 0.260 e. The molecule has 6 nitrogen and oxygen atoms in total. The Balaban J connectivity index is 1.70. The summed E-state index contributed by atoms with van der Waals surface area (Å²) in [4.78, 5) is 26.5. The van der Waals surface area contributed by atoms with Crippen LogP contribution in [0.4, 0.5) is 10.8 Å². The van der Waals surface area contributed by atoms with Gasteiger partial charge in [0.05, 0.1) is 23.9 Å². The molecular formula is C25H26N4O2S. The summed E-state index contributed by atoms with van der Waals surface area (Å²) in [6.07, 6.45) is 3.51. The Morgan fingerprint density at radius 2 is 1.84 bits per heavy atom. The lowest BCUT2D eigenvalue weighted by molar-refractivity contribution is 0.0985. The van der Waals surface area contributed by atoms with Crippen molar-refractivity contribution in [1.29, 1.82) is 0 Å². The highest BCUT2D eigenvalue weighted by molar-refractivity contribution is 7.22. The first-order valence-electron chi connectivity index (χ1n) is 10.6. The lowest BCUT2D eigenvalue weighted by Gasteiger charge is -2.22. The van der Waals surface area contributed by atoms with Crippen molar-refractivity contribution in [3.63, 3.8) is 0 Å². The van der Waals surface area contributed by atoms with Gasteiger partial charge in [0.25, 0.3) is 5.91 Å². The van der Waals surface area contributed by atoms with Gasteiger partial charge in [0.2, 0.25) is 0 Å². The molecule has 0 unspecified atom stereocenters. The summed E-state index contributed by atoms with van der Waals surface area (Å²) in [5.41, 5.74) is 3.52. The molecular weight excluding hydrogens is 420 g/mol. The number of anilines is 2. The van der Waals surface area contributed by atoms with E-state index in [1.807, 2.05) is 54.6 Å². The van der Waals surface area contributed by atoms with Crippen molar-refractivity contribution in [1.82, 2.24) is 9.97 Å². The zero-order chi connectivity index (χ0) is 22.5. The predicted molar refractivity (Wildman–Crippen MR) is 131 cm³/mol. The first-order valence-corrected chi connectivity index (χ1v) is 11.4. The molecule has 0 aliphatic heterocycles. The number of pyridine rings is 1. The molecule has 0 spiro atoms. The van der Waals surface area contributed by atoms with Crippen LogP contribution in [0.3, 0.4) is 0 Å². The van der Waals surface area contributed by atoms with Crippen LogP contribution < -0.4 is 14.5 Å². The summed E-state index contributed by atoms with van der Waals surface area (Å²) in [6, 6.07) is 17.4. The minimum atomic E-state index is -0.0917. The summed E-state index contributed by atoms with van der Waals surface area (Å²) < 4.78 is 6.31. The van der Waals surface area contributed by atoms with Gasteiger partial charge in [0.1, 0.15) is 5.75 Å². The van der Waals surface area contributed by atoms with Crippen molar-refractivity contribution in [2.45, 2.75) is 20.4 Å². The molecule has 0 aliphatic carbocycles. The highest BCUT2D eigenvalue weighted by Crippen LogP contribution is 2.33. The van der Waals surface area contributed by atoms with Gasteiger partial charge < -0.3 is 9.64 Å². The summed E-state index contributed by atoms with van der Waals surface area (Å²) in [5, 5.41) is 0.648.